The molecule has 0 saturated carbocycles. The zero-order valence-corrected chi connectivity index (χ0v) is 12.7. The van der Waals surface area contributed by atoms with Crippen LogP contribution in [0.2, 0.25) is 0 Å². The Hall–Kier alpha value is -2.70. The van der Waals surface area contributed by atoms with Crippen LogP contribution in [0.4, 0.5) is 0 Å². The molecule has 2 fully saturated rings. The second-order valence-corrected chi connectivity index (χ2v) is 6.10. The first-order valence-corrected chi connectivity index (χ1v) is 7.61. The van der Waals surface area contributed by atoms with Crippen LogP contribution in [0.15, 0.2) is 29.1 Å². The zero-order valence-electron chi connectivity index (χ0n) is 12.7. The normalized spacial score (nSPS) is 22.7. The van der Waals surface area contributed by atoms with E-state index in [-0.39, 0.29) is 30.0 Å². The Morgan fingerprint density at radius 2 is 2.04 bits per heavy atom. The predicted molar refractivity (Wildman–Crippen MR) is 82.8 cm³/mol. The highest BCUT2D eigenvalue weighted by atomic mass is 16.2. The van der Waals surface area contributed by atoms with E-state index in [2.05, 4.69) is 10.4 Å². The number of hydrogen-bond acceptors (Lipinski definition) is 4. The number of piperazine rings is 1. The lowest BCUT2D eigenvalue weighted by atomic mass is 10.1. The van der Waals surface area contributed by atoms with Crippen LogP contribution < -0.4 is 10.9 Å². The summed E-state index contributed by atoms with van der Waals surface area (Å²) in [5.41, 5.74) is 0.419. The van der Waals surface area contributed by atoms with Crippen molar-refractivity contribution in [1.82, 2.24) is 20.0 Å². The summed E-state index contributed by atoms with van der Waals surface area (Å²) in [4.78, 5) is 38.3. The number of benzene rings is 1. The maximum Gasteiger partial charge on any atom is 0.275 e. The predicted octanol–water partition coefficient (Wildman–Crippen LogP) is -0.196. The van der Waals surface area contributed by atoms with Gasteiger partial charge in [-0.25, -0.2) is 4.68 Å². The highest BCUT2D eigenvalue weighted by Gasteiger charge is 2.46. The van der Waals surface area contributed by atoms with Gasteiger partial charge in [-0.15, -0.1) is 0 Å². The van der Waals surface area contributed by atoms with Gasteiger partial charge in [0.1, 0.15) is 12.6 Å². The molecule has 118 valence electrons. The number of fused-ring (bicyclic) bond motifs is 3. The Kier molecular flexibility index (Phi) is 2.97. The molecule has 2 bridgehead atoms. The van der Waals surface area contributed by atoms with Crippen LogP contribution in [0.25, 0.3) is 10.8 Å². The summed E-state index contributed by atoms with van der Waals surface area (Å²) in [5, 5.41) is 8.42. The molecule has 1 aromatic carbocycles. The molecule has 0 aliphatic carbocycles. The first-order chi connectivity index (χ1) is 11.0. The number of nitrogens with one attached hydrogen (secondary N) is 1. The summed E-state index contributed by atoms with van der Waals surface area (Å²) in [7, 11) is 0. The molecule has 1 N–H and O–H groups in total. The lowest BCUT2D eigenvalue weighted by molar-refractivity contribution is -0.140. The maximum atomic E-state index is 12.5. The van der Waals surface area contributed by atoms with E-state index < -0.39 is 6.04 Å². The SMILES string of the molecule is Cc1nn(CC(=O)N2C[C@@H]3C[C@H]2C(=O)N3)c(=O)c2ccccc12. The van der Waals surface area contributed by atoms with Crippen LogP contribution in [0.5, 0.6) is 0 Å². The van der Waals surface area contributed by atoms with Crippen molar-refractivity contribution in [2.75, 3.05) is 6.54 Å². The molecular formula is C16H16N4O3. The second-order valence-electron chi connectivity index (χ2n) is 6.10. The molecule has 2 aromatic rings. The highest BCUT2D eigenvalue weighted by Crippen LogP contribution is 2.24. The number of nitrogens with zero attached hydrogens (tertiary/aromatic N) is 3. The minimum atomic E-state index is -0.398. The number of carbonyl (C=O) groups is 2. The number of aryl methyl sites for hydroxylation is 1. The van der Waals surface area contributed by atoms with Crippen molar-refractivity contribution in [2.45, 2.75) is 32.0 Å². The molecule has 23 heavy (non-hydrogen) atoms. The van der Waals surface area contributed by atoms with E-state index in [1.54, 1.807) is 17.0 Å². The van der Waals surface area contributed by atoms with Crippen molar-refractivity contribution in [3.8, 4) is 0 Å². The number of carbonyl (C=O) groups excluding carboxylic acids is 2. The maximum absolute atomic E-state index is 12.5. The van der Waals surface area contributed by atoms with E-state index >= 15 is 0 Å². The van der Waals surface area contributed by atoms with E-state index in [9.17, 15) is 14.4 Å². The van der Waals surface area contributed by atoms with Gasteiger partial charge in [0.05, 0.1) is 11.1 Å². The largest absolute Gasteiger partial charge is 0.350 e. The standard InChI is InChI=1S/C16H16N4O3/c1-9-11-4-2-3-5-12(11)16(23)20(18-9)8-14(21)19-7-10-6-13(19)15(22)17-10/h2-5,10,13H,6-8H2,1H3,(H,17,22)/t10-,13-/m0/s1. The number of hydrogen-bond donors (Lipinski definition) is 1. The van der Waals surface area contributed by atoms with E-state index in [1.165, 1.54) is 4.68 Å². The fourth-order valence-electron chi connectivity index (χ4n) is 3.49. The van der Waals surface area contributed by atoms with E-state index in [0.717, 1.165) is 5.39 Å². The molecule has 2 saturated heterocycles. The van der Waals surface area contributed by atoms with Gasteiger partial charge in [-0.3, -0.25) is 14.4 Å². The zero-order chi connectivity index (χ0) is 16.1. The van der Waals surface area contributed by atoms with Crippen molar-refractivity contribution in [2.24, 2.45) is 0 Å². The fraction of sp³-hybridized carbons (Fsp3) is 0.375. The van der Waals surface area contributed by atoms with Crippen LogP contribution in [0.1, 0.15) is 12.1 Å². The third kappa shape index (κ3) is 2.11. The molecular weight excluding hydrogens is 296 g/mol. The third-order valence-corrected chi connectivity index (χ3v) is 4.61. The van der Waals surface area contributed by atoms with Crippen LogP contribution in [0.3, 0.4) is 0 Å². The number of aromatic nitrogens is 2. The van der Waals surface area contributed by atoms with Gasteiger partial charge in [0, 0.05) is 18.0 Å². The summed E-state index contributed by atoms with van der Waals surface area (Å²) in [6.07, 6.45) is 0.656. The second kappa shape index (κ2) is 4.91. The van der Waals surface area contributed by atoms with Gasteiger partial charge in [-0.1, -0.05) is 18.2 Å². The van der Waals surface area contributed by atoms with Crippen LogP contribution >= 0.6 is 0 Å². The Morgan fingerprint density at radius 3 is 2.74 bits per heavy atom. The average molecular weight is 312 g/mol. The molecule has 3 heterocycles. The van der Waals surface area contributed by atoms with Gasteiger partial charge in [0.25, 0.3) is 5.56 Å². The van der Waals surface area contributed by atoms with Crippen molar-refractivity contribution < 1.29 is 9.59 Å². The number of likely N-dealkylation sites (tertiary alicyclic amines) is 1. The van der Waals surface area contributed by atoms with Gasteiger partial charge in [0.15, 0.2) is 0 Å². The Morgan fingerprint density at radius 1 is 1.30 bits per heavy atom. The topological polar surface area (TPSA) is 84.3 Å². The number of amides is 2. The lowest BCUT2D eigenvalue weighted by Gasteiger charge is -2.26. The summed E-state index contributed by atoms with van der Waals surface area (Å²) >= 11 is 0. The first-order valence-electron chi connectivity index (χ1n) is 7.61. The fourth-order valence-corrected chi connectivity index (χ4v) is 3.49. The van der Waals surface area contributed by atoms with Gasteiger partial charge in [-0.05, 0) is 19.4 Å². The van der Waals surface area contributed by atoms with Crippen molar-refractivity contribution in [1.29, 1.82) is 0 Å². The number of rotatable bonds is 2. The average Bonchev–Trinajstić information content (AvgIpc) is 3.11. The van der Waals surface area contributed by atoms with Crippen molar-refractivity contribution in [3.05, 3.63) is 40.3 Å². The molecule has 2 atom stereocenters. The van der Waals surface area contributed by atoms with Gasteiger partial charge >= 0.3 is 0 Å². The minimum Gasteiger partial charge on any atom is -0.350 e. The summed E-state index contributed by atoms with van der Waals surface area (Å²) in [6, 6.07) is 6.86. The Labute approximate surface area is 131 Å². The summed E-state index contributed by atoms with van der Waals surface area (Å²) < 4.78 is 1.20. The van der Waals surface area contributed by atoms with Gasteiger partial charge < -0.3 is 10.2 Å². The monoisotopic (exact) mass is 312 g/mol. The molecule has 0 spiro atoms. The summed E-state index contributed by atoms with van der Waals surface area (Å²) in [5.74, 6) is -0.346. The minimum absolute atomic E-state index is 0.0412. The Balaban J connectivity index is 1.66. The lowest BCUT2D eigenvalue weighted by Crippen LogP contribution is -2.51. The van der Waals surface area contributed by atoms with E-state index in [1.807, 2.05) is 19.1 Å². The summed E-state index contributed by atoms with van der Waals surface area (Å²) in [6.45, 7) is 2.19. The molecule has 2 aliphatic rings. The molecule has 7 heteroatoms. The van der Waals surface area contributed by atoms with E-state index in [4.69, 9.17) is 0 Å². The highest BCUT2D eigenvalue weighted by molar-refractivity contribution is 5.91. The first kappa shape index (κ1) is 13.9. The molecule has 4 rings (SSSR count). The molecule has 0 unspecified atom stereocenters. The Bertz CT molecular complexity index is 889. The van der Waals surface area contributed by atoms with Crippen molar-refractivity contribution in [3.63, 3.8) is 0 Å². The van der Waals surface area contributed by atoms with Gasteiger partial charge in [-0.2, -0.15) is 5.10 Å². The third-order valence-electron chi connectivity index (χ3n) is 4.61. The van der Waals surface area contributed by atoms with Crippen molar-refractivity contribution >= 4 is 22.6 Å². The molecule has 2 aliphatic heterocycles. The van der Waals surface area contributed by atoms with Crippen LogP contribution in [0, 0.1) is 6.92 Å². The molecule has 0 radical (unpaired) electrons. The smallest absolute Gasteiger partial charge is 0.275 e. The van der Waals surface area contributed by atoms with Gasteiger partial charge in [0.2, 0.25) is 11.8 Å². The quantitative estimate of drug-likeness (QED) is 0.832. The van der Waals surface area contributed by atoms with Crippen LogP contribution in [-0.2, 0) is 16.1 Å². The van der Waals surface area contributed by atoms with Crippen LogP contribution in [-0.4, -0.2) is 45.1 Å². The molecule has 2 amide bonds. The molecule has 7 nitrogen and oxygen atoms in total. The molecule has 1 aromatic heterocycles. The van der Waals surface area contributed by atoms with E-state index in [0.29, 0.717) is 24.0 Å².